The molecule has 1 fully saturated rings. The van der Waals surface area contributed by atoms with E-state index in [1.807, 2.05) is 12.2 Å². The van der Waals surface area contributed by atoms with Gasteiger partial charge in [-0.1, -0.05) is 279 Å². The van der Waals surface area contributed by atoms with Crippen LogP contribution >= 0.6 is 0 Å². The monoisotopic (exact) mass is 1140 g/mol. The number of nitrogens with one attached hydrogen (secondary N) is 1. The molecule has 1 rings (SSSR count). The fourth-order valence-corrected chi connectivity index (χ4v) is 10.1. The summed E-state index contributed by atoms with van der Waals surface area (Å²) in [7, 11) is 0. The van der Waals surface area contributed by atoms with E-state index in [1.165, 1.54) is 128 Å². The van der Waals surface area contributed by atoms with Crippen molar-refractivity contribution in [2.75, 3.05) is 13.2 Å². The van der Waals surface area contributed by atoms with Crippen molar-refractivity contribution < 1.29 is 49.3 Å². The van der Waals surface area contributed by atoms with Crippen LogP contribution in [0.15, 0.2) is 85.1 Å². The maximum atomic E-state index is 13.5. The summed E-state index contributed by atoms with van der Waals surface area (Å²) in [5, 5.41) is 57.1. The molecule has 1 aliphatic heterocycles. The minimum absolute atomic E-state index is 0.107. The Labute approximate surface area is 495 Å². The van der Waals surface area contributed by atoms with Gasteiger partial charge in [-0.15, -0.1) is 0 Å². The molecule has 1 heterocycles. The van der Waals surface area contributed by atoms with Gasteiger partial charge in [0.25, 0.3) is 0 Å². The van der Waals surface area contributed by atoms with Gasteiger partial charge in [-0.05, 0) is 83.5 Å². The van der Waals surface area contributed by atoms with E-state index in [4.69, 9.17) is 14.2 Å². The Kier molecular flexibility index (Phi) is 53.6. The van der Waals surface area contributed by atoms with Crippen LogP contribution in [0.4, 0.5) is 0 Å². The summed E-state index contributed by atoms with van der Waals surface area (Å²) in [5.41, 5.74) is 0. The number of esters is 1. The summed E-state index contributed by atoms with van der Waals surface area (Å²) < 4.78 is 17.6. The molecule has 8 unspecified atom stereocenters. The molecule has 81 heavy (non-hydrogen) atoms. The van der Waals surface area contributed by atoms with Gasteiger partial charge >= 0.3 is 5.97 Å². The molecule has 0 aliphatic carbocycles. The standard InChI is InChI=1S/C70H123NO10/c1-4-7-10-13-16-19-22-25-27-28-29-30-31-32-33-34-35-37-39-42-45-48-51-54-57-63(74)69(78)71-61(62(73)56-53-50-47-44-41-38-24-21-18-15-12-9-6-3)60-79-70-68(67(77)66(76)64(59-72)80-70)81-65(75)58-55-52-49-46-43-40-36-26-23-20-17-14-11-8-5-2/h8,11,14,16-17,19-20,23,25,27,29-30,53,56,61-64,66-68,70,72-74,76-77H,4-7,9-10,12-13,15,18,21-22,24,26,28,31-52,54-55,57-60H2,1-3H3,(H,71,78)/b11-8+,17-14+,19-16-,23-20+,27-25-,30-29-,56-53+. The van der Waals surface area contributed by atoms with E-state index in [9.17, 15) is 35.1 Å². The number of rotatable bonds is 56. The van der Waals surface area contributed by atoms with E-state index in [1.54, 1.807) is 6.08 Å². The minimum Gasteiger partial charge on any atom is -0.454 e. The number of amides is 1. The number of unbranched alkanes of at least 4 members (excludes halogenated alkanes) is 32. The molecule has 468 valence electrons. The summed E-state index contributed by atoms with van der Waals surface area (Å²) in [6.45, 7) is 5.64. The Morgan fingerprint density at radius 3 is 1.46 bits per heavy atom. The molecular weight excluding hydrogens is 1010 g/mol. The molecule has 0 radical (unpaired) electrons. The number of allylic oxidation sites excluding steroid dienone is 13. The van der Waals surface area contributed by atoms with Gasteiger partial charge in [0, 0.05) is 6.42 Å². The van der Waals surface area contributed by atoms with Gasteiger partial charge in [-0.3, -0.25) is 9.59 Å². The first-order chi connectivity index (χ1) is 39.7. The second kappa shape index (κ2) is 57.3. The molecule has 0 spiro atoms. The fourth-order valence-electron chi connectivity index (χ4n) is 10.1. The predicted octanol–water partition coefficient (Wildman–Crippen LogP) is 16.5. The van der Waals surface area contributed by atoms with E-state index < -0.39 is 67.4 Å². The Balaban J connectivity index is 2.62. The van der Waals surface area contributed by atoms with Gasteiger partial charge in [-0.25, -0.2) is 0 Å². The van der Waals surface area contributed by atoms with Crippen molar-refractivity contribution >= 4 is 11.9 Å². The maximum Gasteiger partial charge on any atom is 0.306 e. The summed E-state index contributed by atoms with van der Waals surface area (Å²) in [5.74, 6) is -1.21. The first-order valence-corrected chi connectivity index (χ1v) is 33.4. The minimum atomic E-state index is -1.62. The zero-order valence-corrected chi connectivity index (χ0v) is 51.9. The van der Waals surface area contributed by atoms with Crippen LogP contribution in [0.5, 0.6) is 0 Å². The van der Waals surface area contributed by atoms with Gasteiger partial charge in [0.05, 0.1) is 25.4 Å². The van der Waals surface area contributed by atoms with E-state index in [0.717, 1.165) is 109 Å². The molecule has 0 bridgehead atoms. The average Bonchev–Trinajstić information content (AvgIpc) is 3.53. The highest BCUT2D eigenvalue weighted by atomic mass is 16.7. The maximum absolute atomic E-state index is 13.5. The molecule has 0 aromatic heterocycles. The van der Waals surface area contributed by atoms with E-state index in [2.05, 4.69) is 92.9 Å². The van der Waals surface area contributed by atoms with E-state index in [-0.39, 0.29) is 19.4 Å². The van der Waals surface area contributed by atoms with Crippen LogP contribution in [0.2, 0.25) is 0 Å². The zero-order valence-electron chi connectivity index (χ0n) is 51.9. The summed E-state index contributed by atoms with van der Waals surface area (Å²) in [6, 6.07) is -1.03. The molecule has 0 aromatic carbocycles. The van der Waals surface area contributed by atoms with Crippen LogP contribution in [0, 0.1) is 0 Å². The summed E-state index contributed by atoms with van der Waals surface area (Å²) in [6.07, 6.45) is 64.7. The first kappa shape index (κ1) is 75.9. The largest absolute Gasteiger partial charge is 0.454 e. The highest BCUT2D eigenvalue weighted by molar-refractivity contribution is 5.80. The van der Waals surface area contributed by atoms with E-state index >= 15 is 0 Å². The van der Waals surface area contributed by atoms with Crippen molar-refractivity contribution in [3.05, 3.63) is 85.1 Å². The van der Waals surface area contributed by atoms with Gasteiger partial charge in [0.1, 0.15) is 24.4 Å². The van der Waals surface area contributed by atoms with Gasteiger partial charge in [0.2, 0.25) is 5.91 Å². The summed E-state index contributed by atoms with van der Waals surface area (Å²) >= 11 is 0. The molecule has 11 heteroatoms. The molecule has 11 nitrogen and oxygen atoms in total. The number of hydrogen-bond donors (Lipinski definition) is 6. The molecule has 1 saturated heterocycles. The van der Waals surface area contributed by atoms with Crippen LogP contribution in [0.25, 0.3) is 0 Å². The highest BCUT2D eigenvalue weighted by Gasteiger charge is 2.47. The first-order valence-electron chi connectivity index (χ1n) is 33.4. The van der Waals surface area contributed by atoms with Gasteiger partial charge in [-0.2, -0.15) is 0 Å². The Morgan fingerprint density at radius 2 is 0.938 bits per heavy atom. The summed E-state index contributed by atoms with van der Waals surface area (Å²) in [4.78, 5) is 26.6. The number of aliphatic hydroxyl groups is 5. The van der Waals surface area contributed by atoms with Gasteiger partial charge in [0.15, 0.2) is 12.4 Å². The Morgan fingerprint density at radius 1 is 0.506 bits per heavy atom. The third-order valence-electron chi connectivity index (χ3n) is 15.3. The van der Waals surface area contributed by atoms with E-state index in [0.29, 0.717) is 12.8 Å². The molecule has 0 aromatic rings. The number of aliphatic hydroxyl groups excluding tert-OH is 5. The number of carbonyl (C=O) groups excluding carboxylic acids is 2. The third-order valence-corrected chi connectivity index (χ3v) is 15.3. The molecule has 1 aliphatic rings. The molecule has 6 N–H and O–H groups in total. The number of carbonyl (C=O) groups is 2. The lowest BCUT2D eigenvalue weighted by Gasteiger charge is -2.41. The van der Waals surface area contributed by atoms with Crippen molar-refractivity contribution in [3.8, 4) is 0 Å². The SMILES string of the molecule is CC/C=C/C=C/C=C/CCCCCCCCCC(=O)OC1C(OCC(NC(=O)C(O)CCCCCCCCCCCCC/C=C\C/C=C\C/C=C\CCCCC)C(O)/C=C/CCCCCCCCCCCCC)OC(CO)C(O)C1O. The lowest BCUT2D eigenvalue weighted by molar-refractivity contribution is -0.305. The smallest absolute Gasteiger partial charge is 0.306 e. The molecule has 0 saturated carbocycles. The highest BCUT2D eigenvalue weighted by Crippen LogP contribution is 2.26. The van der Waals surface area contributed by atoms with Crippen molar-refractivity contribution in [2.45, 2.75) is 333 Å². The van der Waals surface area contributed by atoms with Crippen LogP contribution < -0.4 is 5.32 Å². The number of ether oxygens (including phenoxy) is 3. The quantitative estimate of drug-likeness (QED) is 0.0149. The second-order valence-electron chi connectivity index (χ2n) is 22.9. The Hall–Kier alpha value is -3.16. The van der Waals surface area contributed by atoms with Crippen molar-refractivity contribution in [1.82, 2.24) is 5.32 Å². The molecule has 1 amide bonds. The van der Waals surface area contributed by atoms with Gasteiger partial charge < -0.3 is 45.1 Å². The third kappa shape index (κ3) is 45.0. The predicted molar refractivity (Wildman–Crippen MR) is 338 cm³/mol. The lowest BCUT2D eigenvalue weighted by Crippen LogP contribution is -2.61. The van der Waals surface area contributed by atoms with Crippen molar-refractivity contribution in [1.29, 1.82) is 0 Å². The van der Waals surface area contributed by atoms with Crippen LogP contribution in [-0.4, -0.2) is 99.6 Å². The molecule has 8 atom stereocenters. The van der Waals surface area contributed by atoms with Crippen LogP contribution in [-0.2, 0) is 23.8 Å². The zero-order chi connectivity index (χ0) is 58.9. The van der Waals surface area contributed by atoms with Crippen LogP contribution in [0.1, 0.15) is 284 Å². The fraction of sp³-hybridized carbons (Fsp3) is 0.771. The normalized spacial score (nSPS) is 19.2. The second-order valence-corrected chi connectivity index (χ2v) is 22.9. The average molecular weight is 1140 g/mol. The van der Waals surface area contributed by atoms with Crippen molar-refractivity contribution in [3.63, 3.8) is 0 Å². The number of hydrogen-bond acceptors (Lipinski definition) is 10. The molecular formula is C70H123NO10. The lowest BCUT2D eigenvalue weighted by atomic mass is 9.99. The van der Waals surface area contributed by atoms with Crippen molar-refractivity contribution in [2.24, 2.45) is 0 Å². The van der Waals surface area contributed by atoms with Crippen LogP contribution in [0.3, 0.4) is 0 Å². The topological polar surface area (TPSA) is 175 Å². The Bertz CT molecular complexity index is 1640.